The van der Waals surface area contributed by atoms with Crippen LogP contribution in [0, 0.1) is 0 Å². The standard InChI is InChI=1S/C26H27NO4/c1-18(23-17-22(30-3)14-15-25(23)31-4)27-26(28)24(20-8-6-5-7-9-20)16-19-10-12-21(29-2)13-11-19/h5-18H,1-4H3,(H,27,28)/b24-16+/t18-/m1/s1. The molecule has 0 fully saturated rings. The molecule has 0 saturated heterocycles. The largest absolute Gasteiger partial charge is 0.497 e. The summed E-state index contributed by atoms with van der Waals surface area (Å²) in [6, 6.07) is 22.4. The zero-order valence-electron chi connectivity index (χ0n) is 18.2. The van der Waals surface area contributed by atoms with Gasteiger partial charge in [0.25, 0.3) is 5.91 Å². The molecule has 3 aromatic carbocycles. The lowest BCUT2D eigenvalue weighted by Crippen LogP contribution is -2.27. The maximum atomic E-state index is 13.3. The van der Waals surface area contributed by atoms with Crippen molar-refractivity contribution in [1.82, 2.24) is 5.32 Å². The van der Waals surface area contributed by atoms with Crippen LogP contribution in [0.4, 0.5) is 0 Å². The Labute approximate surface area is 183 Å². The zero-order chi connectivity index (χ0) is 22.2. The summed E-state index contributed by atoms with van der Waals surface area (Å²) in [5.74, 6) is 1.98. The maximum absolute atomic E-state index is 13.3. The number of ether oxygens (including phenoxy) is 3. The fraction of sp³-hybridized carbons (Fsp3) is 0.192. The van der Waals surface area contributed by atoms with Gasteiger partial charge >= 0.3 is 0 Å². The topological polar surface area (TPSA) is 56.8 Å². The summed E-state index contributed by atoms with van der Waals surface area (Å²) < 4.78 is 16.0. The highest BCUT2D eigenvalue weighted by Crippen LogP contribution is 2.30. The third-order valence-corrected chi connectivity index (χ3v) is 5.01. The van der Waals surface area contributed by atoms with E-state index in [-0.39, 0.29) is 11.9 Å². The van der Waals surface area contributed by atoms with Crippen molar-refractivity contribution in [1.29, 1.82) is 0 Å². The first-order valence-electron chi connectivity index (χ1n) is 9.99. The number of carbonyl (C=O) groups excluding carboxylic acids is 1. The van der Waals surface area contributed by atoms with Gasteiger partial charge < -0.3 is 19.5 Å². The van der Waals surface area contributed by atoms with Gasteiger partial charge in [-0.2, -0.15) is 0 Å². The predicted octanol–water partition coefficient (Wildman–Crippen LogP) is 5.13. The Bertz CT molecular complexity index is 1040. The molecule has 3 aromatic rings. The van der Waals surface area contributed by atoms with Gasteiger partial charge in [-0.3, -0.25) is 4.79 Å². The molecule has 1 amide bonds. The van der Waals surface area contributed by atoms with E-state index in [2.05, 4.69) is 5.32 Å². The van der Waals surface area contributed by atoms with E-state index in [4.69, 9.17) is 14.2 Å². The molecule has 0 aliphatic carbocycles. The minimum Gasteiger partial charge on any atom is -0.497 e. The number of nitrogens with one attached hydrogen (secondary N) is 1. The third kappa shape index (κ3) is 5.45. The van der Waals surface area contributed by atoms with E-state index in [1.807, 2.05) is 85.8 Å². The second-order valence-electron chi connectivity index (χ2n) is 7.00. The van der Waals surface area contributed by atoms with Crippen molar-refractivity contribution < 1.29 is 19.0 Å². The van der Waals surface area contributed by atoms with Crippen LogP contribution < -0.4 is 19.5 Å². The highest BCUT2D eigenvalue weighted by atomic mass is 16.5. The minimum absolute atomic E-state index is 0.181. The third-order valence-electron chi connectivity index (χ3n) is 5.01. The van der Waals surface area contributed by atoms with Crippen LogP contribution in [-0.2, 0) is 4.79 Å². The molecule has 0 spiro atoms. The number of methoxy groups -OCH3 is 3. The lowest BCUT2D eigenvalue weighted by Gasteiger charge is -2.19. The minimum atomic E-state index is -0.291. The Hall–Kier alpha value is -3.73. The SMILES string of the molecule is COc1ccc(/C=C(/C(=O)N[C@H](C)c2cc(OC)ccc2OC)c2ccccc2)cc1. The molecule has 0 radical (unpaired) electrons. The van der Waals surface area contributed by atoms with Crippen LogP contribution >= 0.6 is 0 Å². The number of hydrogen-bond donors (Lipinski definition) is 1. The van der Waals surface area contributed by atoms with E-state index < -0.39 is 0 Å². The van der Waals surface area contributed by atoms with Gasteiger partial charge in [0.1, 0.15) is 17.2 Å². The molecular weight excluding hydrogens is 390 g/mol. The van der Waals surface area contributed by atoms with Crippen LogP contribution in [0.3, 0.4) is 0 Å². The van der Waals surface area contributed by atoms with Gasteiger partial charge in [-0.1, -0.05) is 42.5 Å². The Morgan fingerprint density at radius 3 is 2.10 bits per heavy atom. The summed E-state index contributed by atoms with van der Waals surface area (Å²) >= 11 is 0. The Morgan fingerprint density at radius 2 is 1.48 bits per heavy atom. The molecule has 5 nitrogen and oxygen atoms in total. The van der Waals surface area contributed by atoms with E-state index in [9.17, 15) is 4.79 Å². The van der Waals surface area contributed by atoms with Crippen molar-refractivity contribution in [2.75, 3.05) is 21.3 Å². The van der Waals surface area contributed by atoms with Crippen LogP contribution in [0.2, 0.25) is 0 Å². The lowest BCUT2D eigenvalue weighted by atomic mass is 10.0. The van der Waals surface area contributed by atoms with Gasteiger partial charge in [0.2, 0.25) is 0 Å². The Balaban J connectivity index is 1.93. The van der Waals surface area contributed by atoms with Crippen LogP contribution in [0.5, 0.6) is 17.2 Å². The number of rotatable bonds is 8. The Kier molecular flexibility index (Phi) is 7.33. The summed E-state index contributed by atoms with van der Waals surface area (Å²) in [5.41, 5.74) is 3.15. The molecule has 0 aromatic heterocycles. The average Bonchev–Trinajstić information content (AvgIpc) is 2.82. The second kappa shape index (κ2) is 10.3. The van der Waals surface area contributed by atoms with E-state index in [0.29, 0.717) is 17.1 Å². The molecule has 160 valence electrons. The monoisotopic (exact) mass is 417 g/mol. The maximum Gasteiger partial charge on any atom is 0.252 e. The quantitative estimate of drug-likeness (QED) is 0.408. The first-order chi connectivity index (χ1) is 15.0. The van der Waals surface area contributed by atoms with Crippen LogP contribution in [0.25, 0.3) is 11.6 Å². The molecule has 5 heteroatoms. The van der Waals surface area contributed by atoms with Crippen molar-refractivity contribution in [3.05, 3.63) is 89.5 Å². The molecule has 0 heterocycles. The smallest absolute Gasteiger partial charge is 0.252 e. The highest BCUT2D eigenvalue weighted by molar-refractivity contribution is 6.24. The highest BCUT2D eigenvalue weighted by Gasteiger charge is 2.19. The van der Waals surface area contributed by atoms with Gasteiger partial charge in [-0.15, -0.1) is 0 Å². The summed E-state index contributed by atoms with van der Waals surface area (Å²) in [5, 5.41) is 3.10. The van der Waals surface area contributed by atoms with Crippen molar-refractivity contribution in [2.24, 2.45) is 0 Å². The van der Waals surface area contributed by atoms with Gasteiger partial charge in [0, 0.05) is 11.1 Å². The molecular formula is C26H27NO4. The lowest BCUT2D eigenvalue weighted by molar-refractivity contribution is -0.116. The zero-order valence-corrected chi connectivity index (χ0v) is 18.2. The summed E-state index contributed by atoms with van der Waals surface area (Å²) in [6.07, 6.45) is 1.87. The van der Waals surface area contributed by atoms with Gasteiger partial charge in [0.15, 0.2) is 0 Å². The summed E-state index contributed by atoms with van der Waals surface area (Å²) in [7, 11) is 4.85. The second-order valence-corrected chi connectivity index (χ2v) is 7.00. The normalized spacial score (nSPS) is 12.1. The van der Waals surface area contributed by atoms with Gasteiger partial charge in [0.05, 0.1) is 27.4 Å². The van der Waals surface area contributed by atoms with Gasteiger partial charge in [-0.25, -0.2) is 0 Å². The molecule has 1 atom stereocenters. The van der Waals surface area contributed by atoms with Gasteiger partial charge in [-0.05, 0) is 54.5 Å². The molecule has 0 aliphatic rings. The van der Waals surface area contributed by atoms with E-state index >= 15 is 0 Å². The van der Waals surface area contributed by atoms with Crippen molar-refractivity contribution in [2.45, 2.75) is 13.0 Å². The average molecular weight is 418 g/mol. The number of benzene rings is 3. The molecule has 1 N–H and O–H groups in total. The fourth-order valence-electron chi connectivity index (χ4n) is 3.29. The molecule has 0 unspecified atom stereocenters. The number of carbonyl (C=O) groups is 1. The summed E-state index contributed by atoms with van der Waals surface area (Å²) in [6.45, 7) is 1.92. The van der Waals surface area contributed by atoms with Crippen LogP contribution in [0.1, 0.15) is 29.7 Å². The van der Waals surface area contributed by atoms with Crippen LogP contribution in [0.15, 0.2) is 72.8 Å². The van der Waals surface area contributed by atoms with Crippen molar-refractivity contribution in [3.63, 3.8) is 0 Å². The fourth-order valence-corrected chi connectivity index (χ4v) is 3.29. The van der Waals surface area contributed by atoms with Crippen molar-refractivity contribution >= 4 is 17.6 Å². The van der Waals surface area contributed by atoms with E-state index in [0.717, 1.165) is 22.4 Å². The number of hydrogen-bond acceptors (Lipinski definition) is 4. The molecule has 31 heavy (non-hydrogen) atoms. The summed E-state index contributed by atoms with van der Waals surface area (Å²) in [4.78, 5) is 13.3. The number of amides is 1. The Morgan fingerprint density at radius 1 is 0.839 bits per heavy atom. The van der Waals surface area contributed by atoms with Crippen molar-refractivity contribution in [3.8, 4) is 17.2 Å². The predicted molar refractivity (Wildman–Crippen MR) is 123 cm³/mol. The molecule has 3 rings (SSSR count). The van der Waals surface area contributed by atoms with E-state index in [1.165, 1.54) is 0 Å². The molecule has 0 bridgehead atoms. The first-order valence-corrected chi connectivity index (χ1v) is 9.99. The van der Waals surface area contributed by atoms with E-state index in [1.54, 1.807) is 21.3 Å². The molecule has 0 aliphatic heterocycles. The van der Waals surface area contributed by atoms with Crippen LogP contribution in [-0.4, -0.2) is 27.2 Å². The molecule has 0 saturated carbocycles. The first kappa shape index (κ1) is 22.0.